The van der Waals surface area contributed by atoms with Gasteiger partial charge < -0.3 is 4.74 Å². The van der Waals surface area contributed by atoms with Crippen LogP contribution in [0.2, 0.25) is 0 Å². The SMILES string of the molecule is CC(=O)c1ccccc1OCCN(C)Cc1csc2ccccc12. The van der Waals surface area contributed by atoms with E-state index in [9.17, 15) is 4.79 Å². The van der Waals surface area contributed by atoms with Crippen LogP contribution in [-0.2, 0) is 6.54 Å². The molecular weight excluding hydrogens is 318 g/mol. The van der Waals surface area contributed by atoms with Gasteiger partial charge in [0.15, 0.2) is 5.78 Å². The molecule has 0 bridgehead atoms. The molecule has 0 aliphatic carbocycles. The number of ether oxygens (including phenoxy) is 1. The monoisotopic (exact) mass is 339 g/mol. The number of benzene rings is 2. The minimum atomic E-state index is 0.0312. The lowest BCUT2D eigenvalue weighted by Crippen LogP contribution is -2.24. The Hall–Kier alpha value is -2.17. The number of carbonyl (C=O) groups is 1. The van der Waals surface area contributed by atoms with Crippen molar-refractivity contribution in [1.29, 1.82) is 0 Å². The molecule has 0 fully saturated rings. The normalized spacial score (nSPS) is 11.1. The quantitative estimate of drug-likeness (QED) is 0.589. The number of thiophene rings is 1. The van der Waals surface area contributed by atoms with Crippen molar-refractivity contribution >= 4 is 27.2 Å². The van der Waals surface area contributed by atoms with E-state index in [2.05, 4.69) is 41.6 Å². The molecule has 0 atom stereocenters. The first-order valence-corrected chi connectivity index (χ1v) is 8.89. The second-order valence-corrected chi connectivity index (χ2v) is 6.81. The van der Waals surface area contributed by atoms with Crippen LogP contribution < -0.4 is 4.74 Å². The number of fused-ring (bicyclic) bond motifs is 1. The standard InChI is InChI=1S/C20H21NO2S/c1-15(22)17-7-3-5-9-19(17)23-12-11-21(2)13-16-14-24-20-10-6-4-8-18(16)20/h3-10,14H,11-13H2,1-2H3. The summed E-state index contributed by atoms with van der Waals surface area (Å²) < 4.78 is 7.14. The summed E-state index contributed by atoms with van der Waals surface area (Å²) in [4.78, 5) is 13.9. The van der Waals surface area contributed by atoms with Crippen LogP contribution in [0.1, 0.15) is 22.8 Å². The molecule has 3 nitrogen and oxygen atoms in total. The van der Waals surface area contributed by atoms with Gasteiger partial charge in [-0.05, 0) is 48.5 Å². The molecule has 0 radical (unpaired) electrons. The Morgan fingerprint density at radius 1 is 1.12 bits per heavy atom. The average molecular weight is 339 g/mol. The third-order valence-electron chi connectivity index (χ3n) is 4.00. The summed E-state index contributed by atoms with van der Waals surface area (Å²) in [6.07, 6.45) is 0. The van der Waals surface area contributed by atoms with Crippen molar-refractivity contribution in [1.82, 2.24) is 4.90 Å². The molecule has 0 aliphatic heterocycles. The number of Topliss-reactive ketones (excluding diaryl/α,β-unsaturated/α-hetero) is 1. The van der Waals surface area contributed by atoms with Crippen LogP contribution in [0.4, 0.5) is 0 Å². The third-order valence-corrected chi connectivity index (χ3v) is 5.01. The van der Waals surface area contributed by atoms with E-state index >= 15 is 0 Å². The number of ketones is 1. The van der Waals surface area contributed by atoms with Gasteiger partial charge in [-0.3, -0.25) is 9.69 Å². The maximum absolute atomic E-state index is 11.6. The Labute approximate surface area is 146 Å². The maximum atomic E-state index is 11.6. The first-order valence-electron chi connectivity index (χ1n) is 8.01. The number of nitrogens with zero attached hydrogens (tertiary/aromatic N) is 1. The molecule has 0 saturated carbocycles. The molecule has 0 saturated heterocycles. The van der Waals surface area contributed by atoms with Crippen molar-refractivity contribution in [3.63, 3.8) is 0 Å². The van der Waals surface area contributed by atoms with Crippen molar-refractivity contribution < 1.29 is 9.53 Å². The second-order valence-electron chi connectivity index (χ2n) is 5.90. The van der Waals surface area contributed by atoms with E-state index in [-0.39, 0.29) is 5.78 Å². The molecule has 1 aromatic heterocycles. The van der Waals surface area contributed by atoms with E-state index in [1.54, 1.807) is 24.3 Å². The molecule has 3 aromatic rings. The second kappa shape index (κ2) is 7.60. The van der Waals surface area contributed by atoms with Gasteiger partial charge in [-0.1, -0.05) is 30.3 Å². The van der Waals surface area contributed by atoms with Crippen molar-refractivity contribution in [2.24, 2.45) is 0 Å². The smallest absolute Gasteiger partial charge is 0.163 e. The molecule has 0 aliphatic rings. The van der Waals surface area contributed by atoms with Gasteiger partial charge in [0.25, 0.3) is 0 Å². The predicted molar refractivity (Wildman–Crippen MR) is 100 cm³/mol. The number of carbonyl (C=O) groups excluding carboxylic acids is 1. The Morgan fingerprint density at radius 3 is 2.71 bits per heavy atom. The van der Waals surface area contributed by atoms with E-state index in [1.807, 2.05) is 18.2 Å². The lowest BCUT2D eigenvalue weighted by Gasteiger charge is -2.17. The molecule has 3 rings (SSSR count). The van der Waals surface area contributed by atoms with Crippen LogP contribution in [0.15, 0.2) is 53.9 Å². The van der Waals surface area contributed by atoms with Crippen molar-refractivity contribution in [3.8, 4) is 5.75 Å². The zero-order chi connectivity index (χ0) is 16.9. The van der Waals surface area contributed by atoms with Gasteiger partial charge in [0, 0.05) is 17.8 Å². The van der Waals surface area contributed by atoms with E-state index in [0.29, 0.717) is 17.9 Å². The van der Waals surface area contributed by atoms with Gasteiger partial charge in [0.05, 0.1) is 5.56 Å². The van der Waals surface area contributed by atoms with Crippen molar-refractivity contribution in [2.75, 3.05) is 20.2 Å². The van der Waals surface area contributed by atoms with Gasteiger partial charge >= 0.3 is 0 Å². The largest absolute Gasteiger partial charge is 0.491 e. The number of rotatable bonds is 7. The van der Waals surface area contributed by atoms with Crippen LogP contribution >= 0.6 is 11.3 Å². The van der Waals surface area contributed by atoms with Gasteiger partial charge in [-0.25, -0.2) is 0 Å². The Kier molecular flexibility index (Phi) is 5.28. The average Bonchev–Trinajstić information content (AvgIpc) is 2.98. The van der Waals surface area contributed by atoms with Crippen LogP contribution in [0.5, 0.6) is 5.75 Å². The van der Waals surface area contributed by atoms with Crippen molar-refractivity contribution in [3.05, 3.63) is 65.0 Å². The fraction of sp³-hybridized carbons (Fsp3) is 0.250. The van der Waals surface area contributed by atoms with Crippen LogP contribution in [0.25, 0.3) is 10.1 Å². The van der Waals surface area contributed by atoms with Gasteiger partial charge in [-0.15, -0.1) is 11.3 Å². The van der Waals surface area contributed by atoms with Gasteiger partial charge in [-0.2, -0.15) is 0 Å². The Morgan fingerprint density at radius 2 is 1.88 bits per heavy atom. The van der Waals surface area contributed by atoms with E-state index in [0.717, 1.165) is 13.1 Å². The molecule has 0 spiro atoms. The summed E-state index contributed by atoms with van der Waals surface area (Å²) in [7, 11) is 2.09. The first kappa shape index (κ1) is 16.7. The molecule has 0 unspecified atom stereocenters. The Bertz CT molecular complexity index is 840. The van der Waals surface area contributed by atoms with E-state index in [1.165, 1.54) is 15.6 Å². The number of hydrogen-bond acceptors (Lipinski definition) is 4. The van der Waals surface area contributed by atoms with Gasteiger partial charge in [0.2, 0.25) is 0 Å². The number of likely N-dealkylation sites (N-methyl/N-ethyl adjacent to an activating group) is 1. The summed E-state index contributed by atoms with van der Waals surface area (Å²) in [6, 6.07) is 15.9. The highest BCUT2D eigenvalue weighted by Crippen LogP contribution is 2.26. The van der Waals surface area contributed by atoms with Crippen LogP contribution in [0.3, 0.4) is 0 Å². The van der Waals surface area contributed by atoms with Gasteiger partial charge in [0.1, 0.15) is 12.4 Å². The maximum Gasteiger partial charge on any atom is 0.163 e. The molecule has 4 heteroatoms. The van der Waals surface area contributed by atoms with Crippen molar-refractivity contribution in [2.45, 2.75) is 13.5 Å². The Balaban J connectivity index is 1.57. The summed E-state index contributed by atoms with van der Waals surface area (Å²) in [5, 5.41) is 3.56. The highest BCUT2D eigenvalue weighted by Gasteiger charge is 2.09. The minimum Gasteiger partial charge on any atom is -0.491 e. The predicted octanol–water partition coefficient (Wildman–Crippen LogP) is 4.61. The zero-order valence-electron chi connectivity index (χ0n) is 14.0. The fourth-order valence-corrected chi connectivity index (χ4v) is 3.67. The summed E-state index contributed by atoms with van der Waals surface area (Å²) in [6.45, 7) is 3.82. The fourth-order valence-electron chi connectivity index (χ4n) is 2.72. The molecule has 0 N–H and O–H groups in total. The van der Waals surface area contributed by atoms with Crippen LogP contribution in [0, 0.1) is 0 Å². The molecular formula is C20H21NO2S. The summed E-state index contributed by atoms with van der Waals surface area (Å²) in [5.74, 6) is 0.697. The lowest BCUT2D eigenvalue weighted by atomic mass is 10.1. The summed E-state index contributed by atoms with van der Waals surface area (Å²) in [5.41, 5.74) is 1.99. The number of para-hydroxylation sites is 1. The first-order chi connectivity index (χ1) is 11.6. The lowest BCUT2D eigenvalue weighted by molar-refractivity contribution is 0.101. The summed E-state index contributed by atoms with van der Waals surface area (Å²) >= 11 is 1.79. The molecule has 124 valence electrons. The molecule has 2 aromatic carbocycles. The van der Waals surface area contributed by atoms with Crippen LogP contribution in [-0.4, -0.2) is 30.9 Å². The van der Waals surface area contributed by atoms with E-state index in [4.69, 9.17) is 4.74 Å². The highest BCUT2D eigenvalue weighted by molar-refractivity contribution is 7.17. The molecule has 1 heterocycles. The third kappa shape index (κ3) is 3.83. The highest BCUT2D eigenvalue weighted by atomic mass is 32.1. The minimum absolute atomic E-state index is 0.0312. The zero-order valence-corrected chi connectivity index (χ0v) is 14.8. The molecule has 0 amide bonds. The van der Waals surface area contributed by atoms with E-state index < -0.39 is 0 Å². The topological polar surface area (TPSA) is 29.5 Å². The molecule has 24 heavy (non-hydrogen) atoms. The number of hydrogen-bond donors (Lipinski definition) is 0.